The zero-order chi connectivity index (χ0) is 13.1. The molecule has 18 heavy (non-hydrogen) atoms. The summed E-state index contributed by atoms with van der Waals surface area (Å²) in [5.74, 6) is 0.376. The second-order valence-corrected chi connectivity index (χ2v) is 4.88. The van der Waals surface area contributed by atoms with E-state index >= 15 is 0 Å². The van der Waals surface area contributed by atoms with Crippen LogP contribution in [0.25, 0.3) is 0 Å². The van der Waals surface area contributed by atoms with Crippen molar-refractivity contribution in [2.45, 2.75) is 38.4 Å². The molecule has 1 unspecified atom stereocenters. The number of amides is 1. The molecule has 1 amide bonds. The van der Waals surface area contributed by atoms with E-state index in [1.54, 1.807) is 19.2 Å². The lowest BCUT2D eigenvalue weighted by molar-refractivity contribution is -0.134. The summed E-state index contributed by atoms with van der Waals surface area (Å²) >= 11 is 0. The molecule has 4 nitrogen and oxygen atoms in total. The van der Waals surface area contributed by atoms with Gasteiger partial charge in [-0.3, -0.25) is 4.79 Å². The molecule has 0 aromatic heterocycles. The number of rotatable bonds is 5. The quantitative estimate of drug-likeness (QED) is 0.830. The van der Waals surface area contributed by atoms with Crippen molar-refractivity contribution in [3.8, 4) is 5.75 Å². The van der Waals surface area contributed by atoms with Crippen LogP contribution in [0.1, 0.15) is 25.3 Å². The van der Waals surface area contributed by atoms with Crippen LogP contribution in [0.5, 0.6) is 5.75 Å². The predicted octanol–water partition coefficient (Wildman–Crippen LogP) is 1.49. The van der Waals surface area contributed by atoms with Crippen molar-refractivity contribution in [1.29, 1.82) is 0 Å². The zero-order valence-corrected chi connectivity index (χ0v) is 10.9. The van der Waals surface area contributed by atoms with Gasteiger partial charge < -0.3 is 15.3 Å². The first-order valence-corrected chi connectivity index (χ1v) is 6.37. The molecule has 0 saturated heterocycles. The van der Waals surface area contributed by atoms with Crippen LogP contribution in [0, 0.1) is 0 Å². The van der Waals surface area contributed by atoms with Crippen molar-refractivity contribution in [2.75, 3.05) is 7.05 Å². The van der Waals surface area contributed by atoms with Gasteiger partial charge in [0.1, 0.15) is 5.75 Å². The number of aromatic hydroxyl groups is 1. The van der Waals surface area contributed by atoms with Gasteiger partial charge in [-0.05, 0) is 44.5 Å². The van der Waals surface area contributed by atoms with Gasteiger partial charge in [-0.25, -0.2) is 0 Å². The van der Waals surface area contributed by atoms with Crippen molar-refractivity contribution in [3.63, 3.8) is 0 Å². The Balaban J connectivity index is 2.09. The number of phenolic OH excluding ortho intramolecular Hbond substituents is 1. The maximum absolute atomic E-state index is 12.2. The molecule has 1 fully saturated rings. The maximum atomic E-state index is 12.2. The highest BCUT2D eigenvalue weighted by atomic mass is 16.3. The van der Waals surface area contributed by atoms with Crippen LogP contribution in [0.2, 0.25) is 0 Å². The molecule has 1 aromatic carbocycles. The molecule has 1 aromatic rings. The van der Waals surface area contributed by atoms with Gasteiger partial charge >= 0.3 is 0 Å². The number of hydrogen-bond donors (Lipinski definition) is 2. The third kappa shape index (κ3) is 3.01. The number of carbonyl (C=O) groups excluding carboxylic acids is 1. The minimum atomic E-state index is -0.164. The van der Waals surface area contributed by atoms with Gasteiger partial charge in [-0.15, -0.1) is 0 Å². The molecule has 2 N–H and O–H groups in total. The molecule has 2 rings (SSSR count). The van der Waals surface area contributed by atoms with E-state index in [4.69, 9.17) is 0 Å². The third-order valence-electron chi connectivity index (χ3n) is 3.34. The van der Waals surface area contributed by atoms with E-state index in [1.807, 2.05) is 24.0 Å². The fourth-order valence-corrected chi connectivity index (χ4v) is 2.00. The summed E-state index contributed by atoms with van der Waals surface area (Å²) in [7, 11) is 1.79. The number of nitrogens with zero attached hydrogens (tertiary/aromatic N) is 1. The zero-order valence-electron chi connectivity index (χ0n) is 10.9. The number of nitrogens with one attached hydrogen (secondary N) is 1. The largest absolute Gasteiger partial charge is 0.508 e. The molecule has 0 bridgehead atoms. The van der Waals surface area contributed by atoms with E-state index in [1.165, 1.54) is 0 Å². The van der Waals surface area contributed by atoms with Gasteiger partial charge in [0, 0.05) is 12.6 Å². The number of phenols is 1. The molecular formula is C14H20N2O2. The monoisotopic (exact) mass is 248 g/mol. The fourth-order valence-electron chi connectivity index (χ4n) is 2.00. The normalized spacial score (nSPS) is 16.3. The highest BCUT2D eigenvalue weighted by Crippen LogP contribution is 2.29. The van der Waals surface area contributed by atoms with Gasteiger partial charge in [-0.1, -0.05) is 12.1 Å². The van der Waals surface area contributed by atoms with Crippen molar-refractivity contribution < 1.29 is 9.90 Å². The average molecular weight is 248 g/mol. The second-order valence-electron chi connectivity index (χ2n) is 4.88. The van der Waals surface area contributed by atoms with Crippen LogP contribution in [0.3, 0.4) is 0 Å². The Hall–Kier alpha value is -1.55. The van der Waals surface area contributed by atoms with E-state index in [0.29, 0.717) is 12.6 Å². The van der Waals surface area contributed by atoms with Crippen LogP contribution in [-0.4, -0.2) is 35.0 Å². The van der Waals surface area contributed by atoms with Crippen molar-refractivity contribution in [1.82, 2.24) is 10.2 Å². The first-order chi connectivity index (χ1) is 8.61. The van der Waals surface area contributed by atoms with Crippen molar-refractivity contribution in [3.05, 3.63) is 29.8 Å². The first kappa shape index (κ1) is 12.9. The lowest BCUT2D eigenvalue weighted by atomic mass is 10.2. The summed E-state index contributed by atoms with van der Waals surface area (Å²) in [4.78, 5) is 14.2. The van der Waals surface area contributed by atoms with E-state index in [0.717, 1.165) is 18.4 Å². The molecule has 4 heteroatoms. The Morgan fingerprint density at radius 2 is 2.28 bits per heavy atom. The minimum Gasteiger partial charge on any atom is -0.508 e. The molecule has 98 valence electrons. The summed E-state index contributed by atoms with van der Waals surface area (Å²) in [5.41, 5.74) is 0.971. The smallest absolute Gasteiger partial charge is 0.239 e. The summed E-state index contributed by atoms with van der Waals surface area (Å²) in [6.45, 7) is 2.45. The Labute approximate surface area is 108 Å². The number of benzene rings is 1. The second kappa shape index (κ2) is 5.40. The summed E-state index contributed by atoms with van der Waals surface area (Å²) in [6, 6.07) is 7.31. The van der Waals surface area contributed by atoms with Gasteiger partial charge in [0.25, 0.3) is 0 Å². The molecule has 1 aliphatic carbocycles. The molecule has 0 aliphatic heterocycles. The predicted molar refractivity (Wildman–Crippen MR) is 70.2 cm³/mol. The lowest BCUT2D eigenvalue weighted by Gasteiger charge is -2.25. The number of hydrogen-bond acceptors (Lipinski definition) is 3. The minimum absolute atomic E-state index is 0.128. The Bertz CT molecular complexity index is 430. The van der Waals surface area contributed by atoms with Crippen LogP contribution >= 0.6 is 0 Å². The Morgan fingerprint density at radius 1 is 1.56 bits per heavy atom. The molecule has 0 radical (unpaired) electrons. The standard InChI is InChI=1S/C14H20N2O2/c1-10(15-2)14(18)16(12-6-7-12)9-11-4-3-5-13(17)8-11/h3-5,8,10,12,15,17H,6-7,9H2,1-2H3. The number of carbonyl (C=O) groups is 1. The molecule has 1 saturated carbocycles. The Morgan fingerprint density at radius 3 is 2.83 bits per heavy atom. The van der Waals surface area contributed by atoms with Gasteiger partial charge in [0.2, 0.25) is 5.91 Å². The summed E-state index contributed by atoms with van der Waals surface area (Å²) in [6.07, 6.45) is 2.17. The highest BCUT2D eigenvalue weighted by Gasteiger charge is 2.34. The molecule has 0 heterocycles. The van der Waals surface area contributed by atoms with E-state index in [2.05, 4.69) is 5.32 Å². The summed E-state index contributed by atoms with van der Waals surface area (Å²) < 4.78 is 0. The average Bonchev–Trinajstić information content (AvgIpc) is 3.18. The lowest BCUT2D eigenvalue weighted by Crippen LogP contribution is -2.44. The van der Waals surface area contributed by atoms with Crippen molar-refractivity contribution >= 4 is 5.91 Å². The first-order valence-electron chi connectivity index (χ1n) is 6.37. The van der Waals surface area contributed by atoms with Gasteiger partial charge in [-0.2, -0.15) is 0 Å². The van der Waals surface area contributed by atoms with Crippen LogP contribution < -0.4 is 5.32 Å². The summed E-state index contributed by atoms with van der Waals surface area (Å²) in [5, 5.41) is 12.4. The molecule has 1 aliphatic rings. The highest BCUT2D eigenvalue weighted by molar-refractivity contribution is 5.82. The topological polar surface area (TPSA) is 52.6 Å². The van der Waals surface area contributed by atoms with Crippen LogP contribution in [0.4, 0.5) is 0 Å². The SMILES string of the molecule is CNC(C)C(=O)N(Cc1cccc(O)c1)C1CC1. The van der Waals surface area contributed by atoms with Gasteiger partial charge in [0.05, 0.1) is 6.04 Å². The van der Waals surface area contributed by atoms with Crippen molar-refractivity contribution in [2.24, 2.45) is 0 Å². The third-order valence-corrected chi connectivity index (χ3v) is 3.34. The molecule has 1 atom stereocenters. The van der Waals surface area contributed by atoms with E-state index < -0.39 is 0 Å². The fraction of sp³-hybridized carbons (Fsp3) is 0.500. The van der Waals surface area contributed by atoms with E-state index in [9.17, 15) is 9.90 Å². The number of likely N-dealkylation sites (N-methyl/N-ethyl adjacent to an activating group) is 1. The maximum Gasteiger partial charge on any atom is 0.239 e. The van der Waals surface area contributed by atoms with Gasteiger partial charge in [0.15, 0.2) is 0 Å². The molecule has 0 spiro atoms. The van der Waals surface area contributed by atoms with Crippen LogP contribution in [-0.2, 0) is 11.3 Å². The molecular weight excluding hydrogens is 228 g/mol. The Kier molecular flexibility index (Phi) is 3.87. The van der Waals surface area contributed by atoms with Crippen LogP contribution in [0.15, 0.2) is 24.3 Å². The van der Waals surface area contributed by atoms with E-state index in [-0.39, 0.29) is 17.7 Å².